The van der Waals surface area contributed by atoms with Gasteiger partial charge in [-0.05, 0) is 48.7 Å². The van der Waals surface area contributed by atoms with Gasteiger partial charge in [-0.25, -0.2) is 4.68 Å². The number of hydrogen-bond donors (Lipinski definition) is 1. The van der Waals surface area contributed by atoms with Gasteiger partial charge in [0.05, 0.1) is 17.6 Å². The summed E-state index contributed by atoms with van der Waals surface area (Å²) in [6.45, 7) is 2.06. The zero-order valence-corrected chi connectivity index (χ0v) is 11.3. The molecule has 0 radical (unpaired) electrons. The second kappa shape index (κ2) is 4.92. The van der Waals surface area contributed by atoms with E-state index < -0.39 is 0 Å². The van der Waals surface area contributed by atoms with Crippen LogP contribution in [0.25, 0.3) is 5.69 Å². The number of nitrogens with zero attached hydrogens (tertiary/aromatic N) is 3. The minimum Gasteiger partial charge on any atom is -0.312 e. The fourth-order valence-electron chi connectivity index (χ4n) is 1.38. The normalized spacial score (nSPS) is 12.7. The average molecular weight is 328 g/mol. The summed E-state index contributed by atoms with van der Waals surface area (Å²) in [5.41, 5.74) is 2.01. The molecule has 2 aromatic rings. The van der Waals surface area contributed by atoms with Crippen molar-refractivity contribution in [2.45, 2.75) is 13.0 Å². The number of benzene rings is 1. The van der Waals surface area contributed by atoms with Gasteiger partial charge < -0.3 is 5.32 Å². The van der Waals surface area contributed by atoms with Gasteiger partial charge in [0.1, 0.15) is 0 Å². The van der Waals surface area contributed by atoms with Crippen molar-refractivity contribution in [2.75, 3.05) is 7.05 Å². The van der Waals surface area contributed by atoms with Crippen LogP contribution in [0, 0.1) is 3.57 Å². The molecule has 84 valence electrons. The van der Waals surface area contributed by atoms with Crippen molar-refractivity contribution in [3.05, 3.63) is 39.7 Å². The van der Waals surface area contributed by atoms with E-state index in [1.807, 2.05) is 36.1 Å². The molecule has 5 heteroatoms. The predicted octanol–water partition coefficient (Wildman–Crippen LogP) is 2.15. The van der Waals surface area contributed by atoms with Crippen molar-refractivity contribution in [1.29, 1.82) is 0 Å². The molecule has 0 aliphatic heterocycles. The molecule has 1 atom stereocenters. The number of aromatic nitrogens is 3. The Labute approximate surface area is 108 Å². The quantitative estimate of drug-likeness (QED) is 0.878. The van der Waals surface area contributed by atoms with Gasteiger partial charge >= 0.3 is 0 Å². The van der Waals surface area contributed by atoms with E-state index in [-0.39, 0.29) is 6.04 Å². The van der Waals surface area contributed by atoms with Crippen LogP contribution in [-0.2, 0) is 0 Å². The Balaban J connectivity index is 2.35. The lowest BCUT2D eigenvalue weighted by Crippen LogP contribution is -2.12. The van der Waals surface area contributed by atoms with Crippen LogP contribution < -0.4 is 5.32 Å². The van der Waals surface area contributed by atoms with E-state index in [0.29, 0.717) is 0 Å². The molecule has 0 saturated carbocycles. The predicted molar refractivity (Wildman–Crippen MR) is 71.6 cm³/mol. The van der Waals surface area contributed by atoms with E-state index in [9.17, 15) is 0 Å². The Morgan fingerprint density at radius 1 is 1.38 bits per heavy atom. The van der Waals surface area contributed by atoms with Gasteiger partial charge in [0.2, 0.25) is 0 Å². The van der Waals surface area contributed by atoms with Crippen LogP contribution in [0.5, 0.6) is 0 Å². The fourth-order valence-corrected chi connectivity index (χ4v) is 2.01. The Hall–Kier alpha value is -0.950. The maximum Gasteiger partial charge on any atom is 0.0998 e. The van der Waals surface area contributed by atoms with E-state index >= 15 is 0 Å². The van der Waals surface area contributed by atoms with E-state index in [1.165, 1.54) is 0 Å². The Bertz CT molecular complexity index is 480. The first-order chi connectivity index (χ1) is 7.72. The number of nitrogens with one attached hydrogen (secondary N) is 1. The third-order valence-electron chi connectivity index (χ3n) is 2.49. The van der Waals surface area contributed by atoms with Crippen molar-refractivity contribution >= 4 is 22.6 Å². The summed E-state index contributed by atoms with van der Waals surface area (Å²) in [6.07, 6.45) is 1.96. The number of para-hydroxylation sites is 1. The Morgan fingerprint density at radius 2 is 2.12 bits per heavy atom. The molecule has 0 amide bonds. The fraction of sp³-hybridized carbons (Fsp3) is 0.273. The highest BCUT2D eigenvalue weighted by atomic mass is 127. The summed E-state index contributed by atoms with van der Waals surface area (Å²) < 4.78 is 2.97. The third-order valence-corrected chi connectivity index (χ3v) is 3.40. The molecule has 0 saturated heterocycles. The lowest BCUT2D eigenvalue weighted by Gasteiger charge is -2.04. The molecule has 2 rings (SSSR count). The lowest BCUT2D eigenvalue weighted by atomic mass is 10.2. The first-order valence-corrected chi connectivity index (χ1v) is 6.14. The first-order valence-electron chi connectivity index (χ1n) is 5.07. The van der Waals surface area contributed by atoms with Crippen LogP contribution in [0.4, 0.5) is 0 Å². The molecule has 1 heterocycles. The second-order valence-corrected chi connectivity index (χ2v) is 4.71. The maximum atomic E-state index is 4.15. The molecule has 0 aliphatic rings. The molecular weight excluding hydrogens is 315 g/mol. The van der Waals surface area contributed by atoms with Crippen LogP contribution in [0.1, 0.15) is 18.7 Å². The molecular formula is C11H13IN4. The molecule has 0 spiro atoms. The molecule has 0 fully saturated rings. The van der Waals surface area contributed by atoms with Crippen LogP contribution in [0.3, 0.4) is 0 Å². The SMILES string of the molecule is CNC(C)c1cn(-c2ccccc2I)nn1. The molecule has 0 aliphatic carbocycles. The summed E-state index contributed by atoms with van der Waals surface area (Å²) in [4.78, 5) is 0. The monoisotopic (exact) mass is 328 g/mol. The van der Waals surface area contributed by atoms with E-state index in [0.717, 1.165) is 15.0 Å². The van der Waals surface area contributed by atoms with Crippen LogP contribution >= 0.6 is 22.6 Å². The summed E-state index contributed by atoms with van der Waals surface area (Å²) in [7, 11) is 1.91. The minimum atomic E-state index is 0.218. The van der Waals surface area contributed by atoms with Gasteiger partial charge in [-0.1, -0.05) is 17.3 Å². The molecule has 4 nitrogen and oxygen atoms in total. The number of halogens is 1. The first kappa shape index (κ1) is 11.5. The van der Waals surface area contributed by atoms with Crippen molar-refractivity contribution in [3.8, 4) is 5.69 Å². The highest BCUT2D eigenvalue weighted by Gasteiger charge is 2.09. The summed E-state index contributed by atoms with van der Waals surface area (Å²) in [6, 6.07) is 8.32. The zero-order chi connectivity index (χ0) is 11.5. The highest BCUT2D eigenvalue weighted by Crippen LogP contribution is 2.17. The summed E-state index contributed by atoms with van der Waals surface area (Å²) in [5, 5.41) is 11.4. The maximum absolute atomic E-state index is 4.15. The van der Waals surface area contributed by atoms with Crippen LogP contribution in [0.15, 0.2) is 30.5 Å². The summed E-state index contributed by atoms with van der Waals surface area (Å²) in [5.74, 6) is 0. The number of rotatable bonds is 3. The lowest BCUT2D eigenvalue weighted by molar-refractivity contribution is 0.630. The van der Waals surface area contributed by atoms with E-state index in [2.05, 4.69) is 51.2 Å². The second-order valence-electron chi connectivity index (χ2n) is 3.55. The standard InChI is InChI=1S/C11H13IN4/c1-8(13-2)10-7-16(15-14-10)11-6-4-3-5-9(11)12/h3-8,13H,1-2H3. The van der Waals surface area contributed by atoms with Crippen molar-refractivity contribution < 1.29 is 0 Å². The topological polar surface area (TPSA) is 42.7 Å². The van der Waals surface area contributed by atoms with E-state index in [4.69, 9.17) is 0 Å². The average Bonchev–Trinajstić information content (AvgIpc) is 2.78. The van der Waals surface area contributed by atoms with Crippen molar-refractivity contribution in [3.63, 3.8) is 0 Å². The largest absolute Gasteiger partial charge is 0.312 e. The number of hydrogen-bond acceptors (Lipinski definition) is 3. The molecule has 1 unspecified atom stereocenters. The highest BCUT2D eigenvalue weighted by molar-refractivity contribution is 14.1. The van der Waals surface area contributed by atoms with E-state index in [1.54, 1.807) is 0 Å². The van der Waals surface area contributed by atoms with Gasteiger partial charge in [0.15, 0.2) is 0 Å². The van der Waals surface area contributed by atoms with Gasteiger partial charge in [0, 0.05) is 9.61 Å². The van der Waals surface area contributed by atoms with Crippen molar-refractivity contribution in [2.24, 2.45) is 0 Å². The molecule has 16 heavy (non-hydrogen) atoms. The van der Waals surface area contributed by atoms with Gasteiger partial charge in [-0.3, -0.25) is 0 Å². The molecule has 1 aromatic heterocycles. The Morgan fingerprint density at radius 3 is 2.81 bits per heavy atom. The van der Waals surface area contributed by atoms with Gasteiger partial charge in [0.25, 0.3) is 0 Å². The molecule has 0 bridgehead atoms. The molecule has 1 N–H and O–H groups in total. The van der Waals surface area contributed by atoms with Crippen LogP contribution in [0.2, 0.25) is 0 Å². The van der Waals surface area contributed by atoms with Gasteiger partial charge in [-0.2, -0.15) is 0 Å². The van der Waals surface area contributed by atoms with Gasteiger partial charge in [-0.15, -0.1) is 5.10 Å². The third kappa shape index (κ3) is 2.25. The zero-order valence-electron chi connectivity index (χ0n) is 9.18. The minimum absolute atomic E-state index is 0.218. The molecule has 1 aromatic carbocycles. The van der Waals surface area contributed by atoms with Crippen LogP contribution in [-0.4, -0.2) is 22.0 Å². The summed E-state index contributed by atoms with van der Waals surface area (Å²) >= 11 is 2.30. The smallest absolute Gasteiger partial charge is 0.0998 e. The van der Waals surface area contributed by atoms with Crippen molar-refractivity contribution in [1.82, 2.24) is 20.3 Å². The Kier molecular flexibility index (Phi) is 3.55.